The summed E-state index contributed by atoms with van der Waals surface area (Å²) >= 11 is 7.27. The van der Waals surface area contributed by atoms with E-state index in [4.69, 9.17) is 16.3 Å². The zero-order chi connectivity index (χ0) is 23.1. The van der Waals surface area contributed by atoms with Crippen LogP contribution in [0.25, 0.3) is 0 Å². The number of nitrogens with zero attached hydrogens (tertiary/aromatic N) is 2. The zero-order valence-electron chi connectivity index (χ0n) is 17.7. The van der Waals surface area contributed by atoms with E-state index in [0.717, 1.165) is 5.01 Å². The number of halogens is 1. The van der Waals surface area contributed by atoms with Gasteiger partial charge in [0.1, 0.15) is 17.4 Å². The number of ether oxygens (including phenoxy) is 1. The molecule has 2 aromatic carbocycles. The number of rotatable bonds is 10. The van der Waals surface area contributed by atoms with Crippen LogP contribution in [0.5, 0.6) is 5.75 Å². The largest absolute Gasteiger partial charge is 0.486 e. The Balaban J connectivity index is 1.59. The van der Waals surface area contributed by atoms with Gasteiger partial charge in [0.2, 0.25) is 15.9 Å². The minimum absolute atomic E-state index is 0.0739. The third-order valence-electron chi connectivity index (χ3n) is 4.58. The number of thiazole rings is 1. The van der Waals surface area contributed by atoms with Crippen LogP contribution in [-0.4, -0.2) is 36.7 Å². The van der Waals surface area contributed by atoms with Gasteiger partial charge in [-0.15, -0.1) is 11.3 Å². The van der Waals surface area contributed by atoms with E-state index in [9.17, 15) is 13.2 Å². The molecule has 32 heavy (non-hydrogen) atoms. The van der Waals surface area contributed by atoms with Gasteiger partial charge in [0.25, 0.3) is 0 Å². The Morgan fingerprint density at radius 1 is 1.16 bits per heavy atom. The summed E-state index contributed by atoms with van der Waals surface area (Å²) in [7, 11) is -3.60. The highest BCUT2D eigenvalue weighted by atomic mass is 35.5. The first kappa shape index (κ1) is 24.2. The van der Waals surface area contributed by atoms with Crippen molar-refractivity contribution < 1.29 is 17.9 Å². The Kier molecular flexibility index (Phi) is 8.25. The second-order valence-electron chi connectivity index (χ2n) is 6.82. The summed E-state index contributed by atoms with van der Waals surface area (Å²) in [6.07, 6.45) is 0.0739. The molecule has 0 aliphatic rings. The van der Waals surface area contributed by atoms with Crippen LogP contribution in [0.3, 0.4) is 0 Å². The highest BCUT2D eigenvalue weighted by molar-refractivity contribution is 7.89. The maximum absolute atomic E-state index is 12.7. The molecule has 0 saturated carbocycles. The quantitative estimate of drug-likeness (QED) is 0.446. The molecule has 1 aromatic heterocycles. The van der Waals surface area contributed by atoms with Crippen LogP contribution in [0.2, 0.25) is 5.02 Å². The molecule has 0 fully saturated rings. The van der Waals surface area contributed by atoms with Crippen molar-refractivity contribution in [2.24, 2.45) is 0 Å². The van der Waals surface area contributed by atoms with Crippen LogP contribution in [-0.2, 0) is 27.8 Å². The molecule has 0 atom stereocenters. The molecule has 0 unspecified atom stereocenters. The van der Waals surface area contributed by atoms with Gasteiger partial charge in [-0.1, -0.05) is 31.5 Å². The predicted molar refractivity (Wildman–Crippen MR) is 127 cm³/mol. The third kappa shape index (κ3) is 6.29. The summed E-state index contributed by atoms with van der Waals surface area (Å²) in [5, 5.41) is 5.94. The monoisotopic (exact) mass is 493 g/mol. The molecule has 0 spiro atoms. The smallest absolute Gasteiger partial charge is 0.243 e. The summed E-state index contributed by atoms with van der Waals surface area (Å²) in [5.74, 6) is 0.404. The van der Waals surface area contributed by atoms with Gasteiger partial charge in [0.05, 0.1) is 17.0 Å². The van der Waals surface area contributed by atoms with Gasteiger partial charge in [0, 0.05) is 29.2 Å². The molecule has 0 saturated heterocycles. The molecule has 3 rings (SSSR count). The van der Waals surface area contributed by atoms with Crippen LogP contribution in [0.15, 0.2) is 58.8 Å². The SMILES string of the molecule is CCN(CC)S(=O)(=O)c1cccc(NC(=O)Cc2csc(COc3ccc(Cl)cc3)n2)c1. The zero-order valence-corrected chi connectivity index (χ0v) is 20.1. The van der Waals surface area contributed by atoms with E-state index in [1.165, 1.54) is 27.8 Å². The number of amides is 1. The van der Waals surface area contributed by atoms with Gasteiger partial charge in [0.15, 0.2) is 0 Å². The molecule has 1 heterocycles. The van der Waals surface area contributed by atoms with E-state index < -0.39 is 10.0 Å². The van der Waals surface area contributed by atoms with Gasteiger partial charge >= 0.3 is 0 Å². The molecule has 0 radical (unpaired) electrons. The summed E-state index contributed by atoms with van der Waals surface area (Å²) in [5.41, 5.74) is 1.04. The summed E-state index contributed by atoms with van der Waals surface area (Å²) in [6, 6.07) is 13.3. The van der Waals surface area contributed by atoms with Crippen molar-refractivity contribution in [3.8, 4) is 5.75 Å². The first-order chi connectivity index (χ1) is 15.3. The van der Waals surface area contributed by atoms with Crippen molar-refractivity contribution in [1.82, 2.24) is 9.29 Å². The molecular weight excluding hydrogens is 470 g/mol. The Morgan fingerprint density at radius 2 is 1.88 bits per heavy atom. The Hall–Kier alpha value is -2.46. The van der Waals surface area contributed by atoms with Gasteiger partial charge in [-0.25, -0.2) is 13.4 Å². The van der Waals surface area contributed by atoms with Gasteiger partial charge in [-0.05, 0) is 42.5 Å². The van der Waals surface area contributed by atoms with Gasteiger partial charge < -0.3 is 10.1 Å². The van der Waals surface area contributed by atoms with Crippen LogP contribution in [0.4, 0.5) is 5.69 Å². The maximum Gasteiger partial charge on any atom is 0.243 e. The second kappa shape index (κ2) is 10.9. The first-order valence-corrected chi connectivity index (χ1v) is 12.7. The van der Waals surface area contributed by atoms with E-state index in [1.54, 1.807) is 55.6 Å². The van der Waals surface area contributed by atoms with Crippen LogP contribution in [0.1, 0.15) is 24.5 Å². The highest BCUT2D eigenvalue weighted by Gasteiger charge is 2.22. The molecule has 7 nitrogen and oxygen atoms in total. The van der Waals surface area contributed by atoms with Gasteiger partial charge in [-0.2, -0.15) is 4.31 Å². The van der Waals surface area contributed by atoms with E-state index in [1.807, 2.05) is 0 Å². The van der Waals surface area contributed by atoms with Crippen molar-refractivity contribution in [1.29, 1.82) is 0 Å². The minimum Gasteiger partial charge on any atom is -0.486 e. The summed E-state index contributed by atoms with van der Waals surface area (Å²) < 4.78 is 32.4. The lowest BCUT2D eigenvalue weighted by Gasteiger charge is -2.18. The van der Waals surface area contributed by atoms with Crippen molar-refractivity contribution in [2.45, 2.75) is 31.8 Å². The highest BCUT2D eigenvalue weighted by Crippen LogP contribution is 2.21. The van der Waals surface area contributed by atoms with Gasteiger partial charge in [-0.3, -0.25) is 4.79 Å². The molecule has 1 N–H and O–H groups in total. The molecular formula is C22H24ClN3O4S2. The standard InChI is InChI=1S/C22H24ClN3O4S2/c1-3-26(4-2)32(28,29)20-7-5-6-17(12-20)24-21(27)13-18-15-31-22(25-18)14-30-19-10-8-16(23)9-11-19/h5-12,15H,3-4,13-14H2,1-2H3,(H,24,27). The predicted octanol–water partition coefficient (Wildman–Crippen LogP) is 4.59. The molecule has 1 amide bonds. The molecule has 3 aromatic rings. The van der Waals surface area contributed by atoms with Crippen molar-refractivity contribution in [2.75, 3.05) is 18.4 Å². The van der Waals surface area contributed by atoms with E-state index in [0.29, 0.717) is 41.8 Å². The molecule has 10 heteroatoms. The number of anilines is 1. The Morgan fingerprint density at radius 3 is 2.56 bits per heavy atom. The van der Waals surface area contributed by atoms with E-state index >= 15 is 0 Å². The second-order valence-corrected chi connectivity index (χ2v) is 10.1. The third-order valence-corrected chi connectivity index (χ3v) is 7.75. The van der Waals surface area contributed by atoms with E-state index in [-0.39, 0.29) is 17.2 Å². The van der Waals surface area contributed by atoms with Crippen LogP contribution in [0, 0.1) is 0 Å². The topological polar surface area (TPSA) is 88.6 Å². The fourth-order valence-electron chi connectivity index (χ4n) is 2.99. The van der Waals surface area contributed by atoms with Crippen molar-refractivity contribution in [3.05, 3.63) is 69.6 Å². The Bertz CT molecular complexity index is 1160. The summed E-state index contributed by atoms with van der Waals surface area (Å²) in [6.45, 7) is 4.62. The number of carbonyl (C=O) groups is 1. The lowest BCUT2D eigenvalue weighted by atomic mass is 10.3. The number of aromatic nitrogens is 1. The normalized spacial score (nSPS) is 11.5. The number of nitrogens with one attached hydrogen (secondary N) is 1. The van der Waals surface area contributed by atoms with E-state index in [2.05, 4.69) is 10.3 Å². The lowest BCUT2D eigenvalue weighted by molar-refractivity contribution is -0.115. The fourth-order valence-corrected chi connectivity index (χ4v) is 5.32. The maximum atomic E-state index is 12.7. The molecule has 0 aliphatic heterocycles. The van der Waals surface area contributed by atoms with Crippen LogP contribution >= 0.6 is 22.9 Å². The first-order valence-electron chi connectivity index (χ1n) is 10.0. The number of hydrogen-bond acceptors (Lipinski definition) is 6. The summed E-state index contributed by atoms with van der Waals surface area (Å²) in [4.78, 5) is 17.0. The van der Waals surface area contributed by atoms with Crippen LogP contribution < -0.4 is 10.1 Å². The van der Waals surface area contributed by atoms with Crippen molar-refractivity contribution >= 4 is 44.6 Å². The lowest BCUT2D eigenvalue weighted by Crippen LogP contribution is -2.30. The molecule has 170 valence electrons. The number of benzene rings is 2. The number of hydrogen-bond donors (Lipinski definition) is 1. The number of sulfonamides is 1. The number of carbonyl (C=O) groups excluding carboxylic acids is 1. The van der Waals surface area contributed by atoms with Crippen molar-refractivity contribution in [3.63, 3.8) is 0 Å². The molecule has 0 aliphatic carbocycles. The minimum atomic E-state index is -3.60. The average Bonchev–Trinajstić information content (AvgIpc) is 3.21. The average molecular weight is 494 g/mol. The Labute approximate surface area is 197 Å². The molecule has 0 bridgehead atoms. The fraction of sp³-hybridized carbons (Fsp3) is 0.273.